The molecule has 5 nitrogen and oxygen atoms in total. The van der Waals surface area contributed by atoms with Gasteiger partial charge in [-0.25, -0.2) is 4.98 Å². The molecule has 2 aromatic carbocycles. The van der Waals surface area contributed by atoms with Crippen LogP contribution < -0.4 is 14.8 Å². The Hall–Kier alpha value is -2.86. The van der Waals surface area contributed by atoms with Gasteiger partial charge in [0.2, 0.25) is 0 Å². The number of nitrogens with zero attached hydrogens (tertiary/aromatic N) is 1. The first-order chi connectivity index (χ1) is 13.9. The third kappa shape index (κ3) is 4.95. The quantitative estimate of drug-likeness (QED) is 0.562. The maximum absolute atomic E-state index is 12.4. The van der Waals surface area contributed by atoms with E-state index in [-0.39, 0.29) is 12.5 Å². The number of benzene rings is 2. The molecule has 0 radical (unpaired) electrons. The fourth-order valence-corrected chi connectivity index (χ4v) is 3.89. The summed E-state index contributed by atoms with van der Waals surface area (Å²) in [6, 6.07) is 11.9. The van der Waals surface area contributed by atoms with Gasteiger partial charge < -0.3 is 9.47 Å². The second kappa shape index (κ2) is 9.09. The summed E-state index contributed by atoms with van der Waals surface area (Å²) in [5.74, 6) is 1.37. The van der Waals surface area contributed by atoms with E-state index in [9.17, 15) is 4.79 Å². The Balaban J connectivity index is 1.66. The van der Waals surface area contributed by atoms with Crippen molar-refractivity contribution >= 4 is 22.4 Å². The number of amides is 1. The molecule has 1 heterocycles. The molecule has 1 amide bonds. The maximum atomic E-state index is 12.4. The third-order valence-electron chi connectivity index (χ3n) is 4.70. The lowest BCUT2D eigenvalue weighted by atomic mass is 10.1. The standard InChI is InChI=1S/C23H26N2O3S/c1-6-27-19-11-9-18(10-12-19)21-17(5)29-23(25-21)24-20(26)13-28-22-15(3)8-7-14(2)16(22)4/h7-12H,6,13H2,1-5H3,(H,24,25,26). The molecule has 0 aliphatic carbocycles. The van der Waals surface area contributed by atoms with Crippen molar-refractivity contribution in [2.24, 2.45) is 0 Å². The van der Waals surface area contributed by atoms with Crippen LogP contribution in [0.25, 0.3) is 11.3 Å². The van der Waals surface area contributed by atoms with Gasteiger partial charge in [0, 0.05) is 10.4 Å². The van der Waals surface area contributed by atoms with Gasteiger partial charge in [0.1, 0.15) is 11.5 Å². The molecular weight excluding hydrogens is 384 g/mol. The van der Waals surface area contributed by atoms with Crippen molar-refractivity contribution in [3.63, 3.8) is 0 Å². The van der Waals surface area contributed by atoms with Gasteiger partial charge in [-0.15, -0.1) is 11.3 Å². The van der Waals surface area contributed by atoms with Crippen molar-refractivity contribution in [1.29, 1.82) is 0 Å². The number of nitrogens with one attached hydrogen (secondary N) is 1. The minimum atomic E-state index is -0.225. The summed E-state index contributed by atoms with van der Waals surface area (Å²) in [7, 11) is 0. The van der Waals surface area contributed by atoms with Crippen LogP contribution in [-0.4, -0.2) is 24.1 Å². The highest BCUT2D eigenvalue weighted by atomic mass is 32.1. The summed E-state index contributed by atoms with van der Waals surface area (Å²) in [6.07, 6.45) is 0. The van der Waals surface area contributed by atoms with Crippen molar-refractivity contribution in [3.05, 3.63) is 58.0 Å². The van der Waals surface area contributed by atoms with Crippen LogP contribution in [0.1, 0.15) is 28.5 Å². The number of anilines is 1. The van der Waals surface area contributed by atoms with Crippen LogP contribution in [0.2, 0.25) is 0 Å². The van der Waals surface area contributed by atoms with Crippen LogP contribution in [0.5, 0.6) is 11.5 Å². The van der Waals surface area contributed by atoms with Gasteiger partial charge in [0.05, 0.1) is 12.3 Å². The molecule has 0 unspecified atom stereocenters. The number of thiazole rings is 1. The predicted octanol–water partition coefficient (Wildman–Crippen LogP) is 5.46. The minimum absolute atomic E-state index is 0.0534. The molecular formula is C23H26N2O3S. The summed E-state index contributed by atoms with van der Waals surface area (Å²) in [6.45, 7) is 10.5. The Kier molecular flexibility index (Phi) is 6.54. The number of hydrogen-bond acceptors (Lipinski definition) is 5. The Morgan fingerprint density at radius 1 is 1.00 bits per heavy atom. The van der Waals surface area contributed by atoms with E-state index in [1.165, 1.54) is 11.3 Å². The van der Waals surface area contributed by atoms with Crippen molar-refractivity contribution in [1.82, 2.24) is 4.98 Å². The number of carbonyl (C=O) groups excluding carboxylic acids is 1. The van der Waals surface area contributed by atoms with Crippen LogP contribution in [0.4, 0.5) is 5.13 Å². The van der Waals surface area contributed by atoms with Crippen molar-refractivity contribution in [2.75, 3.05) is 18.5 Å². The Labute approximate surface area is 175 Å². The number of hydrogen-bond donors (Lipinski definition) is 1. The number of rotatable bonds is 7. The highest BCUT2D eigenvalue weighted by Gasteiger charge is 2.14. The SMILES string of the molecule is CCOc1ccc(-c2nc(NC(=O)COc3c(C)ccc(C)c3C)sc2C)cc1. The van der Waals surface area contributed by atoms with Crippen LogP contribution in [0.15, 0.2) is 36.4 Å². The lowest BCUT2D eigenvalue weighted by molar-refractivity contribution is -0.118. The zero-order chi connectivity index (χ0) is 21.0. The third-order valence-corrected chi connectivity index (χ3v) is 5.59. The van der Waals surface area contributed by atoms with E-state index in [1.54, 1.807) is 0 Å². The molecule has 0 saturated heterocycles. The second-order valence-electron chi connectivity index (χ2n) is 6.87. The average Bonchev–Trinajstić information content (AvgIpc) is 3.05. The molecule has 3 aromatic rings. The first kappa shape index (κ1) is 20.9. The summed E-state index contributed by atoms with van der Waals surface area (Å²) < 4.78 is 11.3. The lowest BCUT2D eigenvalue weighted by Gasteiger charge is -2.13. The van der Waals surface area contributed by atoms with Crippen LogP contribution in [0.3, 0.4) is 0 Å². The summed E-state index contributed by atoms with van der Waals surface area (Å²) in [5.41, 5.74) is 5.07. The summed E-state index contributed by atoms with van der Waals surface area (Å²) >= 11 is 1.45. The van der Waals surface area contributed by atoms with Crippen LogP contribution in [-0.2, 0) is 4.79 Å². The monoisotopic (exact) mass is 410 g/mol. The van der Waals surface area contributed by atoms with E-state index < -0.39 is 0 Å². The summed E-state index contributed by atoms with van der Waals surface area (Å²) in [4.78, 5) is 18.0. The van der Waals surface area contributed by atoms with Gasteiger partial charge in [-0.3, -0.25) is 10.1 Å². The van der Waals surface area contributed by atoms with E-state index >= 15 is 0 Å². The number of ether oxygens (including phenoxy) is 2. The Morgan fingerprint density at radius 2 is 1.69 bits per heavy atom. The zero-order valence-corrected chi connectivity index (χ0v) is 18.3. The predicted molar refractivity (Wildman–Crippen MR) is 118 cm³/mol. The Bertz CT molecular complexity index is 1010. The molecule has 0 aliphatic rings. The Morgan fingerprint density at radius 3 is 2.38 bits per heavy atom. The topological polar surface area (TPSA) is 60.5 Å². The van der Waals surface area contributed by atoms with Crippen LogP contribution in [0, 0.1) is 27.7 Å². The van der Waals surface area contributed by atoms with Gasteiger partial charge in [0.15, 0.2) is 11.7 Å². The fourth-order valence-electron chi connectivity index (χ4n) is 3.03. The van der Waals surface area contributed by atoms with Crippen molar-refractivity contribution in [2.45, 2.75) is 34.6 Å². The van der Waals surface area contributed by atoms with E-state index in [2.05, 4.69) is 16.4 Å². The molecule has 0 saturated carbocycles. The van der Waals surface area contributed by atoms with E-state index in [4.69, 9.17) is 9.47 Å². The number of aromatic nitrogens is 1. The van der Waals surface area contributed by atoms with E-state index in [1.807, 2.05) is 65.0 Å². The first-order valence-electron chi connectivity index (χ1n) is 9.59. The highest BCUT2D eigenvalue weighted by Crippen LogP contribution is 2.31. The molecule has 152 valence electrons. The normalized spacial score (nSPS) is 10.7. The maximum Gasteiger partial charge on any atom is 0.264 e. The molecule has 3 rings (SSSR count). The van der Waals surface area contributed by atoms with E-state index in [0.29, 0.717) is 11.7 Å². The number of carbonyl (C=O) groups is 1. The zero-order valence-electron chi connectivity index (χ0n) is 17.5. The molecule has 0 aliphatic heterocycles. The molecule has 0 fully saturated rings. The molecule has 0 spiro atoms. The van der Waals surface area contributed by atoms with Gasteiger partial charge in [0.25, 0.3) is 5.91 Å². The number of aryl methyl sites for hydroxylation is 3. The summed E-state index contributed by atoms with van der Waals surface area (Å²) in [5, 5.41) is 3.41. The molecule has 0 bridgehead atoms. The molecule has 1 N–H and O–H groups in total. The second-order valence-corrected chi connectivity index (χ2v) is 8.07. The highest BCUT2D eigenvalue weighted by molar-refractivity contribution is 7.16. The van der Waals surface area contributed by atoms with Crippen LogP contribution >= 0.6 is 11.3 Å². The van der Waals surface area contributed by atoms with E-state index in [0.717, 1.165) is 44.3 Å². The minimum Gasteiger partial charge on any atom is -0.494 e. The molecule has 1 aromatic heterocycles. The van der Waals surface area contributed by atoms with Gasteiger partial charge in [-0.05, 0) is 75.6 Å². The molecule has 29 heavy (non-hydrogen) atoms. The smallest absolute Gasteiger partial charge is 0.264 e. The molecule has 6 heteroatoms. The lowest BCUT2D eigenvalue weighted by Crippen LogP contribution is -2.20. The van der Waals surface area contributed by atoms with Crippen molar-refractivity contribution in [3.8, 4) is 22.8 Å². The first-order valence-corrected chi connectivity index (χ1v) is 10.4. The molecule has 0 atom stereocenters. The largest absolute Gasteiger partial charge is 0.494 e. The fraction of sp³-hybridized carbons (Fsp3) is 0.304. The van der Waals surface area contributed by atoms with Crippen molar-refractivity contribution < 1.29 is 14.3 Å². The van der Waals surface area contributed by atoms with Gasteiger partial charge in [-0.2, -0.15) is 0 Å². The van der Waals surface area contributed by atoms with Gasteiger partial charge >= 0.3 is 0 Å². The van der Waals surface area contributed by atoms with Gasteiger partial charge in [-0.1, -0.05) is 12.1 Å². The average molecular weight is 411 g/mol.